The van der Waals surface area contributed by atoms with Crippen LogP contribution in [0.4, 0.5) is 10.1 Å². The number of nitrogens with zero attached hydrogens (tertiary/aromatic N) is 3. The van der Waals surface area contributed by atoms with Gasteiger partial charge in [0.1, 0.15) is 5.82 Å². The summed E-state index contributed by atoms with van der Waals surface area (Å²) in [5.41, 5.74) is 0.649. The molecule has 0 aliphatic carbocycles. The van der Waals surface area contributed by atoms with E-state index in [1.54, 1.807) is 30.7 Å². The van der Waals surface area contributed by atoms with Crippen molar-refractivity contribution in [1.29, 1.82) is 0 Å². The molecule has 1 atom stereocenters. The van der Waals surface area contributed by atoms with Crippen molar-refractivity contribution in [2.45, 2.75) is 18.1 Å². The highest BCUT2D eigenvalue weighted by Crippen LogP contribution is 2.23. The van der Waals surface area contributed by atoms with Crippen molar-refractivity contribution in [2.24, 2.45) is 7.05 Å². The quantitative estimate of drug-likeness (QED) is 0.488. The fourth-order valence-electron chi connectivity index (χ4n) is 2.69. The molecule has 3 rings (SSSR count). The molecule has 2 aromatic carbocycles. The SMILES string of the molecule is C[C@@H](NC(=O)c1ccccc1F)c1nnc(SCC(=O)Nc2ccccc2Br)n1C. The second kappa shape index (κ2) is 9.86. The van der Waals surface area contributed by atoms with E-state index < -0.39 is 17.8 Å². The first-order chi connectivity index (χ1) is 14.4. The Balaban J connectivity index is 1.60. The maximum Gasteiger partial charge on any atom is 0.254 e. The van der Waals surface area contributed by atoms with Crippen LogP contribution in [0.25, 0.3) is 0 Å². The van der Waals surface area contributed by atoms with Gasteiger partial charge in [-0.3, -0.25) is 9.59 Å². The summed E-state index contributed by atoms with van der Waals surface area (Å²) in [5, 5.41) is 14.3. The average molecular weight is 492 g/mol. The smallest absolute Gasteiger partial charge is 0.254 e. The molecule has 0 unspecified atom stereocenters. The number of aromatic nitrogens is 3. The summed E-state index contributed by atoms with van der Waals surface area (Å²) >= 11 is 4.61. The Bertz CT molecular complexity index is 1070. The predicted octanol–water partition coefficient (Wildman–Crippen LogP) is 3.94. The number of rotatable bonds is 7. The number of carbonyl (C=O) groups excluding carboxylic acids is 2. The Morgan fingerprint density at radius 1 is 1.17 bits per heavy atom. The monoisotopic (exact) mass is 491 g/mol. The van der Waals surface area contributed by atoms with Crippen LogP contribution in [0.3, 0.4) is 0 Å². The third-order valence-corrected chi connectivity index (χ3v) is 5.91. The van der Waals surface area contributed by atoms with Gasteiger partial charge in [-0.15, -0.1) is 10.2 Å². The van der Waals surface area contributed by atoms with E-state index in [1.165, 1.54) is 30.0 Å². The van der Waals surface area contributed by atoms with Gasteiger partial charge in [0.25, 0.3) is 5.91 Å². The van der Waals surface area contributed by atoms with Gasteiger partial charge in [0.2, 0.25) is 5.91 Å². The zero-order chi connectivity index (χ0) is 21.7. The molecule has 7 nitrogen and oxygen atoms in total. The summed E-state index contributed by atoms with van der Waals surface area (Å²) in [6, 6.07) is 12.6. The van der Waals surface area contributed by atoms with Crippen molar-refractivity contribution in [3.05, 3.63) is 70.2 Å². The lowest BCUT2D eigenvalue weighted by Crippen LogP contribution is -2.29. The number of nitrogens with one attached hydrogen (secondary N) is 2. The Hall–Kier alpha value is -2.72. The van der Waals surface area contributed by atoms with Gasteiger partial charge >= 0.3 is 0 Å². The zero-order valence-corrected chi connectivity index (χ0v) is 18.6. The van der Waals surface area contributed by atoms with E-state index in [0.717, 1.165) is 4.47 Å². The molecule has 3 aromatic rings. The first kappa shape index (κ1) is 22.0. The van der Waals surface area contributed by atoms with Gasteiger partial charge < -0.3 is 15.2 Å². The molecule has 10 heteroatoms. The maximum absolute atomic E-state index is 13.8. The highest BCUT2D eigenvalue weighted by Gasteiger charge is 2.20. The Labute approximate surface area is 185 Å². The molecule has 156 valence electrons. The summed E-state index contributed by atoms with van der Waals surface area (Å²) in [5.74, 6) is -0.674. The highest BCUT2D eigenvalue weighted by atomic mass is 79.9. The summed E-state index contributed by atoms with van der Waals surface area (Å²) in [6.07, 6.45) is 0. The topological polar surface area (TPSA) is 88.9 Å². The minimum Gasteiger partial charge on any atom is -0.342 e. The number of amides is 2. The van der Waals surface area contributed by atoms with Gasteiger partial charge in [0.05, 0.1) is 23.0 Å². The van der Waals surface area contributed by atoms with Gasteiger partial charge in [0, 0.05) is 11.5 Å². The van der Waals surface area contributed by atoms with Crippen LogP contribution < -0.4 is 10.6 Å². The number of anilines is 1. The van der Waals surface area contributed by atoms with Crippen LogP contribution in [-0.4, -0.2) is 32.3 Å². The molecule has 0 saturated carbocycles. The van der Waals surface area contributed by atoms with Crippen LogP contribution in [0.15, 0.2) is 58.2 Å². The highest BCUT2D eigenvalue weighted by molar-refractivity contribution is 9.10. The fourth-order valence-corrected chi connectivity index (χ4v) is 3.79. The van der Waals surface area contributed by atoms with Crippen LogP contribution >= 0.6 is 27.7 Å². The molecule has 30 heavy (non-hydrogen) atoms. The van der Waals surface area contributed by atoms with Gasteiger partial charge in [-0.2, -0.15) is 0 Å². The summed E-state index contributed by atoms with van der Waals surface area (Å²) in [4.78, 5) is 24.5. The van der Waals surface area contributed by atoms with Crippen LogP contribution in [0.2, 0.25) is 0 Å². The van der Waals surface area contributed by atoms with Crippen molar-refractivity contribution < 1.29 is 14.0 Å². The minimum atomic E-state index is -0.590. The lowest BCUT2D eigenvalue weighted by molar-refractivity contribution is -0.113. The number of thioether (sulfide) groups is 1. The molecule has 1 aromatic heterocycles. The van der Waals surface area contributed by atoms with E-state index in [-0.39, 0.29) is 17.2 Å². The number of hydrogen-bond acceptors (Lipinski definition) is 5. The summed E-state index contributed by atoms with van der Waals surface area (Å²) < 4.78 is 16.3. The fraction of sp³-hybridized carbons (Fsp3) is 0.200. The molecule has 0 fully saturated rings. The zero-order valence-electron chi connectivity index (χ0n) is 16.2. The first-order valence-electron chi connectivity index (χ1n) is 8.98. The summed E-state index contributed by atoms with van der Waals surface area (Å²) in [7, 11) is 1.75. The average Bonchev–Trinajstić information content (AvgIpc) is 3.09. The molecule has 0 spiro atoms. The van der Waals surface area contributed by atoms with E-state index in [4.69, 9.17) is 0 Å². The Kier molecular flexibility index (Phi) is 7.22. The lowest BCUT2D eigenvalue weighted by atomic mass is 10.2. The number of carbonyl (C=O) groups is 2. The molecule has 1 heterocycles. The third kappa shape index (κ3) is 5.25. The normalized spacial score (nSPS) is 11.7. The molecule has 0 saturated heterocycles. The van der Waals surface area contributed by atoms with E-state index in [0.29, 0.717) is 16.7 Å². The second-order valence-corrected chi connectivity index (χ2v) is 8.19. The van der Waals surface area contributed by atoms with Crippen molar-refractivity contribution in [2.75, 3.05) is 11.1 Å². The second-order valence-electron chi connectivity index (χ2n) is 6.39. The van der Waals surface area contributed by atoms with Gasteiger partial charge in [-0.05, 0) is 47.1 Å². The molecule has 0 bridgehead atoms. The molecule has 0 aliphatic heterocycles. The van der Waals surface area contributed by atoms with Crippen molar-refractivity contribution in [3.63, 3.8) is 0 Å². The van der Waals surface area contributed by atoms with Gasteiger partial charge in [0.15, 0.2) is 11.0 Å². The molecule has 0 aliphatic rings. The lowest BCUT2D eigenvalue weighted by Gasteiger charge is -2.14. The van der Waals surface area contributed by atoms with E-state index in [2.05, 4.69) is 36.8 Å². The number of para-hydroxylation sites is 1. The first-order valence-corrected chi connectivity index (χ1v) is 10.8. The van der Waals surface area contributed by atoms with Crippen molar-refractivity contribution >= 4 is 45.2 Å². The number of halogens is 2. The molecule has 2 amide bonds. The Morgan fingerprint density at radius 2 is 1.87 bits per heavy atom. The number of benzene rings is 2. The van der Waals surface area contributed by atoms with Crippen molar-refractivity contribution in [3.8, 4) is 0 Å². The van der Waals surface area contributed by atoms with E-state index in [9.17, 15) is 14.0 Å². The molecule has 0 radical (unpaired) electrons. The van der Waals surface area contributed by atoms with Gasteiger partial charge in [-0.25, -0.2) is 4.39 Å². The maximum atomic E-state index is 13.8. The van der Waals surface area contributed by atoms with Crippen LogP contribution in [0, 0.1) is 5.82 Å². The molecular weight excluding hydrogens is 473 g/mol. The Morgan fingerprint density at radius 3 is 2.60 bits per heavy atom. The minimum absolute atomic E-state index is 0.0372. The predicted molar refractivity (Wildman–Crippen MR) is 117 cm³/mol. The van der Waals surface area contributed by atoms with Crippen LogP contribution in [0.5, 0.6) is 0 Å². The van der Waals surface area contributed by atoms with Crippen LogP contribution in [0.1, 0.15) is 29.1 Å². The van der Waals surface area contributed by atoms with E-state index >= 15 is 0 Å². The molecular formula is C20H19BrFN5O2S. The van der Waals surface area contributed by atoms with E-state index in [1.807, 2.05) is 18.2 Å². The number of hydrogen-bond donors (Lipinski definition) is 2. The largest absolute Gasteiger partial charge is 0.342 e. The summed E-state index contributed by atoms with van der Waals surface area (Å²) in [6.45, 7) is 1.73. The van der Waals surface area contributed by atoms with Crippen LogP contribution in [-0.2, 0) is 11.8 Å². The third-order valence-electron chi connectivity index (χ3n) is 4.20. The van der Waals surface area contributed by atoms with Crippen molar-refractivity contribution in [1.82, 2.24) is 20.1 Å². The standard InChI is InChI=1S/C20H19BrFN5O2S/c1-12(23-19(29)13-7-3-5-9-15(13)22)18-25-26-20(27(18)2)30-11-17(28)24-16-10-6-4-8-14(16)21/h3-10,12H,11H2,1-2H3,(H,23,29)(H,24,28)/t12-/m1/s1. The molecule has 2 N–H and O–H groups in total. The van der Waals surface area contributed by atoms with Gasteiger partial charge in [-0.1, -0.05) is 36.0 Å².